The lowest BCUT2D eigenvalue weighted by molar-refractivity contribution is -0.121. The van der Waals surface area contributed by atoms with Gasteiger partial charge in [-0.3, -0.25) is 4.79 Å². The predicted octanol–water partition coefficient (Wildman–Crippen LogP) is 3.78. The lowest BCUT2D eigenvalue weighted by atomic mass is 9.97. The number of hydrogen-bond acceptors (Lipinski definition) is 3. The molecule has 1 aromatic heterocycles. The average molecular weight is 406 g/mol. The van der Waals surface area contributed by atoms with E-state index >= 15 is 0 Å². The zero-order valence-corrected chi connectivity index (χ0v) is 17.7. The van der Waals surface area contributed by atoms with Crippen molar-refractivity contribution in [1.82, 2.24) is 14.8 Å². The molecule has 1 fully saturated rings. The topological polar surface area (TPSA) is 46.5 Å². The highest BCUT2D eigenvalue weighted by atomic mass is 16.5. The molecule has 158 valence electrons. The van der Waals surface area contributed by atoms with Crippen molar-refractivity contribution in [2.75, 3.05) is 39.9 Å². The Hall–Kier alpha value is -2.63. The Morgan fingerprint density at radius 3 is 2.57 bits per heavy atom. The van der Waals surface area contributed by atoms with E-state index in [9.17, 15) is 4.79 Å². The van der Waals surface area contributed by atoms with Crippen molar-refractivity contribution >= 4 is 16.8 Å². The van der Waals surface area contributed by atoms with Gasteiger partial charge in [0.05, 0.1) is 6.61 Å². The van der Waals surface area contributed by atoms with Crippen molar-refractivity contribution in [2.45, 2.75) is 19.4 Å². The van der Waals surface area contributed by atoms with Crippen LogP contribution >= 0.6 is 0 Å². The van der Waals surface area contributed by atoms with Crippen LogP contribution in [-0.2, 0) is 16.1 Å². The number of fused-ring (bicyclic) bond motifs is 1. The molecule has 5 heteroatoms. The van der Waals surface area contributed by atoms with Gasteiger partial charge in [0, 0.05) is 36.8 Å². The SMILES string of the molecule is COCCN1CCC(CNC(=O)Cn2c(-c3ccccc3)cc3ccccc32)CC1. The van der Waals surface area contributed by atoms with Crippen molar-refractivity contribution in [3.63, 3.8) is 0 Å². The van der Waals surface area contributed by atoms with Crippen molar-refractivity contribution in [2.24, 2.45) is 5.92 Å². The number of para-hydroxylation sites is 1. The minimum absolute atomic E-state index is 0.0790. The lowest BCUT2D eigenvalue weighted by Crippen LogP contribution is -2.40. The van der Waals surface area contributed by atoms with Gasteiger partial charge in [0.15, 0.2) is 0 Å². The Kier molecular flexibility index (Phi) is 6.82. The summed E-state index contributed by atoms with van der Waals surface area (Å²) in [6.07, 6.45) is 2.26. The van der Waals surface area contributed by atoms with Crippen LogP contribution in [0.25, 0.3) is 22.2 Å². The second kappa shape index (κ2) is 9.92. The van der Waals surface area contributed by atoms with Gasteiger partial charge in [-0.25, -0.2) is 0 Å². The number of carbonyl (C=O) groups is 1. The Labute approximate surface area is 178 Å². The van der Waals surface area contributed by atoms with Crippen LogP contribution in [-0.4, -0.2) is 55.3 Å². The number of ether oxygens (including phenoxy) is 1. The average Bonchev–Trinajstić information content (AvgIpc) is 3.16. The van der Waals surface area contributed by atoms with Crippen LogP contribution in [0.15, 0.2) is 60.7 Å². The van der Waals surface area contributed by atoms with E-state index in [-0.39, 0.29) is 5.91 Å². The monoisotopic (exact) mass is 405 g/mol. The molecule has 0 atom stereocenters. The number of nitrogens with one attached hydrogen (secondary N) is 1. The molecule has 1 aliphatic rings. The number of rotatable bonds is 8. The first kappa shape index (κ1) is 20.6. The van der Waals surface area contributed by atoms with Crippen LogP contribution in [0.1, 0.15) is 12.8 Å². The Morgan fingerprint density at radius 2 is 1.80 bits per heavy atom. The van der Waals surface area contributed by atoms with Crippen LogP contribution in [0.5, 0.6) is 0 Å². The number of piperidine rings is 1. The van der Waals surface area contributed by atoms with Gasteiger partial charge in [-0.1, -0.05) is 48.5 Å². The van der Waals surface area contributed by atoms with Gasteiger partial charge in [0.1, 0.15) is 6.54 Å². The first-order valence-corrected chi connectivity index (χ1v) is 10.9. The largest absolute Gasteiger partial charge is 0.383 e. The van der Waals surface area contributed by atoms with E-state index in [1.807, 2.05) is 30.3 Å². The first-order chi connectivity index (χ1) is 14.7. The molecule has 1 aliphatic heterocycles. The number of likely N-dealkylation sites (tertiary alicyclic amines) is 1. The van der Waals surface area contributed by atoms with Crippen LogP contribution < -0.4 is 5.32 Å². The molecule has 0 saturated carbocycles. The molecule has 2 aromatic carbocycles. The number of amides is 1. The molecule has 4 rings (SSSR count). The van der Waals surface area contributed by atoms with E-state index in [4.69, 9.17) is 4.74 Å². The number of carbonyl (C=O) groups excluding carboxylic acids is 1. The Bertz CT molecular complexity index is 959. The number of benzene rings is 2. The molecule has 30 heavy (non-hydrogen) atoms. The molecule has 1 amide bonds. The highest BCUT2D eigenvalue weighted by Gasteiger charge is 2.20. The number of methoxy groups -OCH3 is 1. The van der Waals surface area contributed by atoms with Gasteiger partial charge in [0.25, 0.3) is 0 Å². The van der Waals surface area contributed by atoms with Gasteiger partial charge in [-0.05, 0) is 49.5 Å². The van der Waals surface area contributed by atoms with Crippen molar-refractivity contribution < 1.29 is 9.53 Å². The van der Waals surface area contributed by atoms with Crippen LogP contribution in [0.3, 0.4) is 0 Å². The zero-order chi connectivity index (χ0) is 20.8. The minimum Gasteiger partial charge on any atom is -0.383 e. The second-order valence-corrected chi connectivity index (χ2v) is 8.12. The molecular formula is C25H31N3O2. The van der Waals surface area contributed by atoms with Crippen LogP contribution in [0, 0.1) is 5.92 Å². The van der Waals surface area contributed by atoms with Gasteiger partial charge >= 0.3 is 0 Å². The number of nitrogens with zero attached hydrogens (tertiary/aromatic N) is 2. The molecule has 1 saturated heterocycles. The molecule has 0 bridgehead atoms. The normalized spacial score (nSPS) is 15.5. The summed E-state index contributed by atoms with van der Waals surface area (Å²) in [4.78, 5) is 15.3. The van der Waals surface area contributed by atoms with Gasteiger partial charge < -0.3 is 19.5 Å². The third-order valence-electron chi connectivity index (χ3n) is 6.09. The third-order valence-corrected chi connectivity index (χ3v) is 6.09. The minimum atomic E-state index is 0.0790. The van der Waals surface area contributed by atoms with Crippen LogP contribution in [0.2, 0.25) is 0 Å². The smallest absolute Gasteiger partial charge is 0.239 e. The first-order valence-electron chi connectivity index (χ1n) is 10.9. The maximum absolute atomic E-state index is 12.8. The van der Waals surface area contributed by atoms with Crippen LogP contribution in [0.4, 0.5) is 0 Å². The van der Waals surface area contributed by atoms with E-state index in [0.29, 0.717) is 12.5 Å². The fraction of sp³-hybridized carbons (Fsp3) is 0.400. The van der Waals surface area contributed by atoms with Crippen molar-refractivity contribution in [1.29, 1.82) is 0 Å². The highest BCUT2D eigenvalue weighted by molar-refractivity contribution is 5.89. The van der Waals surface area contributed by atoms with E-state index in [1.165, 1.54) is 0 Å². The molecule has 2 heterocycles. The van der Waals surface area contributed by atoms with Gasteiger partial charge in [-0.2, -0.15) is 0 Å². The van der Waals surface area contributed by atoms with E-state index in [2.05, 4.69) is 45.1 Å². The maximum atomic E-state index is 12.8. The quantitative estimate of drug-likeness (QED) is 0.620. The van der Waals surface area contributed by atoms with Crippen molar-refractivity contribution in [3.05, 3.63) is 60.7 Å². The summed E-state index contributed by atoms with van der Waals surface area (Å²) in [6, 6.07) is 20.7. The fourth-order valence-corrected chi connectivity index (χ4v) is 4.32. The molecule has 3 aromatic rings. The fourth-order valence-electron chi connectivity index (χ4n) is 4.32. The second-order valence-electron chi connectivity index (χ2n) is 8.12. The molecular weight excluding hydrogens is 374 g/mol. The predicted molar refractivity (Wildman–Crippen MR) is 121 cm³/mol. The summed E-state index contributed by atoms with van der Waals surface area (Å²) in [6.45, 7) is 5.06. The summed E-state index contributed by atoms with van der Waals surface area (Å²) in [5.41, 5.74) is 3.31. The summed E-state index contributed by atoms with van der Waals surface area (Å²) in [5, 5.41) is 4.35. The summed E-state index contributed by atoms with van der Waals surface area (Å²) in [5.74, 6) is 0.637. The van der Waals surface area contributed by atoms with E-state index < -0.39 is 0 Å². The summed E-state index contributed by atoms with van der Waals surface area (Å²) >= 11 is 0. The van der Waals surface area contributed by atoms with Gasteiger partial charge in [0.2, 0.25) is 5.91 Å². The molecule has 0 spiro atoms. The summed E-state index contributed by atoms with van der Waals surface area (Å²) in [7, 11) is 1.75. The van der Waals surface area contributed by atoms with Crippen molar-refractivity contribution in [3.8, 4) is 11.3 Å². The summed E-state index contributed by atoms with van der Waals surface area (Å²) < 4.78 is 7.30. The number of hydrogen-bond donors (Lipinski definition) is 1. The Balaban J connectivity index is 1.39. The lowest BCUT2D eigenvalue weighted by Gasteiger charge is -2.31. The number of aromatic nitrogens is 1. The van der Waals surface area contributed by atoms with E-state index in [0.717, 1.165) is 67.8 Å². The molecule has 1 N–H and O–H groups in total. The standard InChI is InChI=1S/C25H31N3O2/c1-30-16-15-27-13-11-20(12-14-27)18-26-25(29)19-28-23-10-6-5-9-22(23)17-24(28)21-7-3-2-4-8-21/h2-10,17,20H,11-16,18-19H2,1H3,(H,26,29). The molecule has 0 aliphatic carbocycles. The van der Waals surface area contributed by atoms with E-state index in [1.54, 1.807) is 7.11 Å². The zero-order valence-electron chi connectivity index (χ0n) is 17.7. The maximum Gasteiger partial charge on any atom is 0.239 e. The molecule has 0 unspecified atom stereocenters. The highest BCUT2D eigenvalue weighted by Crippen LogP contribution is 2.28. The molecule has 0 radical (unpaired) electrons. The molecule has 5 nitrogen and oxygen atoms in total. The van der Waals surface area contributed by atoms with Gasteiger partial charge in [-0.15, -0.1) is 0 Å². The third kappa shape index (κ3) is 4.91. The Morgan fingerprint density at radius 1 is 1.07 bits per heavy atom.